The molecule has 0 saturated carbocycles. The highest BCUT2D eigenvalue weighted by molar-refractivity contribution is 5.51. The van der Waals surface area contributed by atoms with Crippen LogP contribution in [0, 0.1) is 0 Å². The first-order valence-electron chi connectivity index (χ1n) is 6.27. The Balaban J connectivity index is 2.00. The van der Waals surface area contributed by atoms with Crippen LogP contribution in [0.2, 0.25) is 0 Å². The number of rotatable bonds is 4. The molecule has 0 radical (unpaired) electrons. The summed E-state index contributed by atoms with van der Waals surface area (Å²) in [6, 6.07) is 1.98. The van der Waals surface area contributed by atoms with E-state index in [0.29, 0.717) is 12.6 Å². The molecule has 1 aromatic heterocycles. The lowest BCUT2D eigenvalue weighted by molar-refractivity contribution is 0.0216. The van der Waals surface area contributed by atoms with Crippen LogP contribution < -0.4 is 10.6 Å². The van der Waals surface area contributed by atoms with Crippen molar-refractivity contribution < 1.29 is 4.74 Å². The van der Waals surface area contributed by atoms with Gasteiger partial charge in [-0.25, -0.2) is 0 Å². The molecule has 1 aromatic rings. The summed E-state index contributed by atoms with van der Waals surface area (Å²) < 4.78 is 5.75. The van der Waals surface area contributed by atoms with E-state index in [1.165, 1.54) is 12.8 Å². The minimum atomic E-state index is 0.347. The molecule has 2 N–H and O–H groups in total. The normalized spacial score (nSPS) is 20.2. The fraction of sp³-hybridized carbons (Fsp3) is 0.615. The quantitative estimate of drug-likeness (QED) is 0.860. The van der Waals surface area contributed by atoms with Crippen LogP contribution in [0.15, 0.2) is 18.5 Å². The van der Waals surface area contributed by atoms with Crippen LogP contribution in [0.3, 0.4) is 0 Å². The van der Waals surface area contributed by atoms with Gasteiger partial charge in [-0.3, -0.25) is 4.98 Å². The molecular weight excluding hydrogens is 214 g/mol. The predicted molar refractivity (Wildman–Crippen MR) is 69.0 cm³/mol. The largest absolute Gasteiger partial charge is 0.376 e. The lowest BCUT2D eigenvalue weighted by Gasteiger charge is -2.29. The van der Waals surface area contributed by atoms with Crippen LogP contribution >= 0.6 is 0 Å². The minimum Gasteiger partial charge on any atom is -0.376 e. The van der Waals surface area contributed by atoms with Crippen LogP contribution in [-0.2, 0) is 11.3 Å². The van der Waals surface area contributed by atoms with Gasteiger partial charge in [0.25, 0.3) is 0 Å². The third-order valence-corrected chi connectivity index (χ3v) is 3.27. The van der Waals surface area contributed by atoms with Gasteiger partial charge in [0.2, 0.25) is 0 Å². The Bertz CT molecular complexity index is 350. The molecule has 4 heteroatoms. The summed E-state index contributed by atoms with van der Waals surface area (Å²) in [6.07, 6.45) is 7.64. The molecule has 0 amide bonds. The lowest BCUT2D eigenvalue weighted by Crippen LogP contribution is -2.34. The number of nitrogens with two attached hydrogens (primary N) is 1. The fourth-order valence-electron chi connectivity index (χ4n) is 2.29. The van der Waals surface area contributed by atoms with Crippen LogP contribution in [0.5, 0.6) is 0 Å². The van der Waals surface area contributed by atoms with Gasteiger partial charge in [0.1, 0.15) is 0 Å². The van der Waals surface area contributed by atoms with Crippen LogP contribution in [-0.4, -0.2) is 31.3 Å². The van der Waals surface area contributed by atoms with Crippen molar-refractivity contribution >= 4 is 5.69 Å². The lowest BCUT2D eigenvalue weighted by atomic mass is 10.1. The SMILES string of the molecule is CN(CC1CCCCO1)c1cnccc1CN. The monoisotopic (exact) mass is 235 g/mol. The first kappa shape index (κ1) is 12.3. The zero-order valence-corrected chi connectivity index (χ0v) is 10.4. The molecule has 1 aliphatic rings. The Morgan fingerprint density at radius 2 is 2.41 bits per heavy atom. The predicted octanol–water partition coefficient (Wildman–Crippen LogP) is 1.55. The fourth-order valence-corrected chi connectivity index (χ4v) is 2.29. The molecule has 2 heterocycles. The number of nitrogens with zero attached hydrogens (tertiary/aromatic N) is 2. The van der Waals surface area contributed by atoms with Crippen molar-refractivity contribution in [2.45, 2.75) is 31.9 Å². The highest BCUT2D eigenvalue weighted by Gasteiger charge is 2.17. The summed E-state index contributed by atoms with van der Waals surface area (Å²) in [5.74, 6) is 0. The minimum absolute atomic E-state index is 0.347. The second-order valence-corrected chi connectivity index (χ2v) is 4.58. The second-order valence-electron chi connectivity index (χ2n) is 4.58. The number of ether oxygens (including phenoxy) is 1. The molecule has 1 saturated heterocycles. The van der Waals surface area contributed by atoms with Crippen molar-refractivity contribution in [3.8, 4) is 0 Å². The molecule has 0 bridgehead atoms. The average molecular weight is 235 g/mol. The number of hydrogen-bond donors (Lipinski definition) is 1. The molecule has 0 aliphatic carbocycles. The number of pyridine rings is 1. The molecule has 0 aromatic carbocycles. The molecule has 1 aliphatic heterocycles. The molecule has 0 spiro atoms. The molecule has 1 atom stereocenters. The molecule has 1 fully saturated rings. The Kier molecular flexibility index (Phi) is 4.34. The van der Waals surface area contributed by atoms with Gasteiger partial charge >= 0.3 is 0 Å². The molecular formula is C13H21N3O. The Labute approximate surface area is 103 Å². The van der Waals surface area contributed by atoms with E-state index in [1.807, 2.05) is 12.3 Å². The van der Waals surface area contributed by atoms with Crippen LogP contribution in [0.25, 0.3) is 0 Å². The number of hydrogen-bond acceptors (Lipinski definition) is 4. The maximum Gasteiger partial charge on any atom is 0.0749 e. The maximum absolute atomic E-state index is 5.75. The van der Waals surface area contributed by atoms with Gasteiger partial charge in [0.05, 0.1) is 18.0 Å². The summed E-state index contributed by atoms with van der Waals surface area (Å²) in [6.45, 7) is 2.36. The molecule has 94 valence electrons. The third-order valence-electron chi connectivity index (χ3n) is 3.27. The van der Waals surface area contributed by atoms with E-state index in [2.05, 4.69) is 16.9 Å². The summed E-state index contributed by atoms with van der Waals surface area (Å²) in [5.41, 5.74) is 7.99. The van der Waals surface area contributed by atoms with E-state index in [0.717, 1.165) is 30.8 Å². The Hall–Kier alpha value is -1.13. The first-order chi connectivity index (χ1) is 8.31. The van der Waals surface area contributed by atoms with E-state index in [-0.39, 0.29) is 0 Å². The smallest absolute Gasteiger partial charge is 0.0749 e. The van der Waals surface area contributed by atoms with E-state index in [9.17, 15) is 0 Å². The summed E-state index contributed by atoms with van der Waals surface area (Å²) in [7, 11) is 2.08. The summed E-state index contributed by atoms with van der Waals surface area (Å²) in [4.78, 5) is 6.37. The number of aromatic nitrogens is 1. The van der Waals surface area contributed by atoms with Crippen molar-refractivity contribution in [2.75, 3.05) is 25.1 Å². The average Bonchev–Trinajstić information content (AvgIpc) is 2.40. The zero-order valence-electron chi connectivity index (χ0n) is 10.4. The van der Waals surface area contributed by atoms with Crippen molar-refractivity contribution in [3.63, 3.8) is 0 Å². The highest BCUT2D eigenvalue weighted by Crippen LogP contribution is 2.20. The van der Waals surface area contributed by atoms with Gasteiger partial charge in [0.15, 0.2) is 0 Å². The summed E-state index contributed by atoms with van der Waals surface area (Å²) in [5, 5.41) is 0. The number of likely N-dealkylation sites (N-methyl/N-ethyl adjacent to an activating group) is 1. The van der Waals surface area contributed by atoms with Crippen LogP contribution in [0.1, 0.15) is 24.8 Å². The Morgan fingerprint density at radius 1 is 1.53 bits per heavy atom. The number of anilines is 1. The topological polar surface area (TPSA) is 51.4 Å². The van der Waals surface area contributed by atoms with Crippen molar-refractivity contribution in [1.82, 2.24) is 4.98 Å². The zero-order chi connectivity index (χ0) is 12.1. The van der Waals surface area contributed by atoms with Gasteiger partial charge in [0, 0.05) is 32.9 Å². The van der Waals surface area contributed by atoms with Gasteiger partial charge < -0.3 is 15.4 Å². The second kappa shape index (κ2) is 5.98. The highest BCUT2D eigenvalue weighted by atomic mass is 16.5. The molecule has 1 unspecified atom stereocenters. The van der Waals surface area contributed by atoms with E-state index in [1.54, 1.807) is 6.20 Å². The standard InChI is InChI=1S/C13H21N3O/c1-16(10-12-4-2-3-7-17-12)13-9-15-6-5-11(13)8-14/h5-6,9,12H,2-4,7-8,10,14H2,1H3. The van der Waals surface area contributed by atoms with Crippen molar-refractivity contribution in [1.29, 1.82) is 0 Å². The Morgan fingerprint density at radius 3 is 3.12 bits per heavy atom. The van der Waals surface area contributed by atoms with E-state index >= 15 is 0 Å². The van der Waals surface area contributed by atoms with E-state index in [4.69, 9.17) is 10.5 Å². The summed E-state index contributed by atoms with van der Waals surface area (Å²) >= 11 is 0. The molecule has 17 heavy (non-hydrogen) atoms. The van der Waals surface area contributed by atoms with Crippen molar-refractivity contribution in [2.24, 2.45) is 5.73 Å². The van der Waals surface area contributed by atoms with Gasteiger partial charge in [-0.15, -0.1) is 0 Å². The van der Waals surface area contributed by atoms with E-state index < -0.39 is 0 Å². The van der Waals surface area contributed by atoms with Gasteiger partial charge in [-0.05, 0) is 30.9 Å². The van der Waals surface area contributed by atoms with Gasteiger partial charge in [-0.2, -0.15) is 0 Å². The van der Waals surface area contributed by atoms with Gasteiger partial charge in [-0.1, -0.05) is 0 Å². The maximum atomic E-state index is 5.75. The van der Waals surface area contributed by atoms with Crippen molar-refractivity contribution in [3.05, 3.63) is 24.0 Å². The van der Waals surface area contributed by atoms with Crippen LogP contribution in [0.4, 0.5) is 5.69 Å². The molecule has 2 rings (SSSR count). The first-order valence-corrected chi connectivity index (χ1v) is 6.27. The molecule has 4 nitrogen and oxygen atoms in total. The third kappa shape index (κ3) is 3.17.